The van der Waals surface area contributed by atoms with Crippen molar-refractivity contribution >= 4 is 5.91 Å². The minimum absolute atomic E-state index is 0.0685. The van der Waals surface area contributed by atoms with E-state index in [-0.39, 0.29) is 12.0 Å². The number of carbonyl (C=O) groups is 1. The van der Waals surface area contributed by atoms with Crippen molar-refractivity contribution in [2.45, 2.75) is 46.3 Å². The fraction of sp³-hybridized carbons (Fsp3) is 0.562. The third-order valence-corrected chi connectivity index (χ3v) is 2.70. The largest absolute Gasteiger partial charge is 0.491 e. The Morgan fingerprint density at radius 2 is 2.05 bits per heavy atom. The van der Waals surface area contributed by atoms with E-state index in [2.05, 4.69) is 0 Å². The van der Waals surface area contributed by atoms with Crippen molar-refractivity contribution in [1.82, 2.24) is 4.90 Å². The van der Waals surface area contributed by atoms with E-state index in [9.17, 15) is 9.90 Å². The van der Waals surface area contributed by atoms with Gasteiger partial charge >= 0.3 is 0 Å². The molecule has 0 saturated heterocycles. The Morgan fingerprint density at radius 3 is 2.55 bits per heavy atom. The topological polar surface area (TPSA) is 49.8 Å². The van der Waals surface area contributed by atoms with Gasteiger partial charge in [-0.2, -0.15) is 0 Å². The van der Waals surface area contributed by atoms with Crippen LogP contribution < -0.4 is 4.74 Å². The first-order chi connectivity index (χ1) is 9.23. The molecule has 1 aromatic rings. The molecule has 1 amide bonds. The molecular weight excluding hydrogens is 254 g/mol. The Balaban J connectivity index is 2.89. The molecule has 0 bridgehead atoms. The number of carbonyl (C=O) groups excluding carboxylic acids is 1. The van der Waals surface area contributed by atoms with Gasteiger partial charge in [-0.1, -0.05) is 6.07 Å². The maximum Gasteiger partial charge on any atom is 0.254 e. The van der Waals surface area contributed by atoms with Crippen molar-refractivity contribution in [3.05, 3.63) is 29.8 Å². The molecular formula is C16H25NO3. The van der Waals surface area contributed by atoms with Gasteiger partial charge in [-0.05, 0) is 52.8 Å². The van der Waals surface area contributed by atoms with Gasteiger partial charge in [-0.3, -0.25) is 4.79 Å². The van der Waals surface area contributed by atoms with Crippen LogP contribution in [0.15, 0.2) is 24.3 Å². The fourth-order valence-electron chi connectivity index (χ4n) is 1.95. The SMILES string of the molecule is CCN(CC(C)(C)O)C(=O)c1cccc(OC(C)C)c1. The number of hydrogen-bond acceptors (Lipinski definition) is 3. The van der Waals surface area contributed by atoms with E-state index in [4.69, 9.17) is 4.74 Å². The van der Waals surface area contributed by atoms with Gasteiger partial charge in [0.25, 0.3) is 5.91 Å². The fourth-order valence-corrected chi connectivity index (χ4v) is 1.95. The summed E-state index contributed by atoms with van der Waals surface area (Å²) in [4.78, 5) is 14.1. The summed E-state index contributed by atoms with van der Waals surface area (Å²) in [5.41, 5.74) is -0.327. The Morgan fingerprint density at radius 1 is 1.40 bits per heavy atom. The zero-order valence-corrected chi connectivity index (χ0v) is 13.0. The molecule has 0 fully saturated rings. The van der Waals surface area contributed by atoms with Crippen LogP contribution >= 0.6 is 0 Å². The average Bonchev–Trinajstić information content (AvgIpc) is 2.33. The molecule has 0 atom stereocenters. The van der Waals surface area contributed by atoms with Crippen LogP contribution in [0.1, 0.15) is 45.0 Å². The van der Waals surface area contributed by atoms with Crippen molar-refractivity contribution in [3.8, 4) is 5.75 Å². The van der Waals surface area contributed by atoms with Gasteiger partial charge in [-0.25, -0.2) is 0 Å². The Bertz CT molecular complexity index is 449. The van der Waals surface area contributed by atoms with Gasteiger partial charge in [0.05, 0.1) is 11.7 Å². The van der Waals surface area contributed by atoms with Gasteiger partial charge in [0.2, 0.25) is 0 Å². The quantitative estimate of drug-likeness (QED) is 0.871. The first-order valence-corrected chi connectivity index (χ1v) is 7.01. The lowest BCUT2D eigenvalue weighted by atomic mass is 10.1. The minimum atomic E-state index is -0.905. The summed E-state index contributed by atoms with van der Waals surface area (Å²) in [7, 11) is 0. The van der Waals surface area contributed by atoms with E-state index >= 15 is 0 Å². The van der Waals surface area contributed by atoms with Crippen LogP contribution in [0.3, 0.4) is 0 Å². The van der Waals surface area contributed by atoms with Crippen LogP contribution in [0.2, 0.25) is 0 Å². The van der Waals surface area contributed by atoms with E-state index in [1.165, 1.54) is 0 Å². The Labute approximate surface area is 121 Å². The number of nitrogens with zero attached hydrogens (tertiary/aromatic N) is 1. The Hall–Kier alpha value is -1.55. The molecule has 0 spiro atoms. The molecule has 1 aromatic carbocycles. The van der Waals surface area contributed by atoms with Crippen LogP contribution in [0.4, 0.5) is 0 Å². The lowest BCUT2D eigenvalue weighted by molar-refractivity contribution is 0.0314. The summed E-state index contributed by atoms with van der Waals surface area (Å²) in [5.74, 6) is 0.592. The van der Waals surface area contributed by atoms with Crippen molar-refractivity contribution in [2.75, 3.05) is 13.1 Å². The molecule has 4 nitrogen and oxygen atoms in total. The number of amides is 1. The van der Waals surface area contributed by atoms with E-state index in [0.29, 0.717) is 24.4 Å². The van der Waals surface area contributed by atoms with Crippen molar-refractivity contribution < 1.29 is 14.6 Å². The summed E-state index contributed by atoms with van der Waals surface area (Å²) in [5, 5.41) is 9.87. The molecule has 0 aliphatic carbocycles. The molecule has 0 aromatic heterocycles. The summed E-state index contributed by atoms with van der Waals surface area (Å²) < 4.78 is 5.60. The molecule has 20 heavy (non-hydrogen) atoms. The number of likely N-dealkylation sites (N-methyl/N-ethyl adjacent to an activating group) is 1. The molecule has 0 aliphatic heterocycles. The van der Waals surface area contributed by atoms with E-state index < -0.39 is 5.60 Å². The monoisotopic (exact) mass is 279 g/mol. The van der Waals surface area contributed by atoms with Crippen LogP contribution in [-0.4, -0.2) is 40.7 Å². The van der Waals surface area contributed by atoms with Gasteiger partial charge in [-0.15, -0.1) is 0 Å². The normalized spacial score (nSPS) is 11.6. The summed E-state index contributed by atoms with van der Waals surface area (Å²) in [6.07, 6.45) is 0.0685. The maximum atomic E-state index is 12.5. The highest BCUT2D eigenvalue weighted by Crippen LogP contribution is 2.17. The van der Waals surface area contributed by atoms with Crippen molar-refractivity contribution in [3.63, 3.8) is 0 Å². The molecule has 112 valence electrons. The van der Waals surface area contributed by atoms with Crippen molar-refractivity contribution in [1.29, 1.82) is 0 Å². The zero-order chi connectivity index (χ0) is 15.3. The Kier molecular flexibility index (Phi) is 5.57. The zero-order valence-electron chi connectivity index (χ0n) is 13.0. The second-order valence-corrected chi connectivity index (χ2v) is 5.83. The van der Waals surface area contributed by atoms with Gasteiger partial charge < -0.3 is 14.7 Å². The summed E-state index contributed by atoms with van der Waals surface area (Å²) in [6, 6.07) is 7.16. The molecule has 0 aliphatic rings. The van der Waals surface area contributed by atoms with Gasteiger partial charge in [0.15, 0.2) is 0 Å². The van der Waals surface area contributed by atoms with Crippen LogP contribution in [0, 0.1) is 0 Å². The highest BCUT2D eigenvalue weighted by molar-refractivity contribution is 5.94. The predicted octanol–water partition coefficient (Wildman–Crippen LogP) is 2.71. The van der Waals surface area contributed by atoms with E-state index in [1.54, 1.807) is 30.9 Å². The number of aliphatic hydroxyl groups is 1. The van der Waals surface area contributed by atoms with Gasteiger partial charge in [0.1, 0.15) is 5.75 Å². The third-order valence-electron chi connectivity index (χ3n) is 2.70. The van der Waals surface area contributed by atoms with Crippen LogP contribution in [-0.2, 0) is 0 Å². The number of hydrogen-bond donors (Lipinski definition) is 1. The smallest absolute Gasteiger partial charge is 0.254 e. The lowest BCUT2D eigenvalue weighted by Gasteiger charge is -2.28. The first-order valence-electron chi connectivity index (χ1n) is 7.01. The van der Waals surface area contributed by atoms with E-state index in [1.807, 2.05) is 32.9 Å². The summed E-state index contributed by atoms with van der Waals surface area (Å²) in [6.45, 7) is 10.0. The summed E-state index contributed by atoms with van der Waals surface area (Å²) >= 11 is 0. The molecule has 0 heterocycles. The molecule has 0 saturated carbocycles. The van der Waals surface area contributed by atoms with Crippen LogP contribution in [0.25, 0.3) is 0 Å². The predicted molar refractivity (Wildman–Crippen MR) is 80.1 cm³/mol. The molecule has 1 rings (SSSR count). The van der Waals surface area contributed by atoms with Crippen molar-refractivity contribution in [2.24, 2.45) is 0 Å². The lowest BCUT2D eigenvalue weighted by Crippen LogP contribution is -2.42. The number of rotatable bonds is 6. The molecule has 1 N–H and O–H groups in total. The highest BCUT2D eigenvalue weighted by Gasteiger charge is 2.22. The number of ether oxygens (including phenoxy) is 1. The second kappa shape index (κ2) is 6.75. The molecule has 0 unspecified atom stereocenters. The average molecular weight is 279 g/mol. The van der Waals surface area contributed by atoms with Gasteiger partial charge in [0, 0.05) is 18.7 Å². The first kappa shape index (κ1) is 16.5. The second-order valence-electron chi connectivity index (χ2n) is 5.83. The minimum Gasteiger partial charge on any atom is -0.491 e. The molecule has 0 radical (unpaired) electrons. The number of benzene rings is 1. The maximum absolute atomic E-state index is 12.5. The third kappa shape index (κ3) is 5.21. The standard InChI is InChI=1S/C16H25NO3/c1-6-17(11-16(4,5)19)15(18)13-8-7-9-14(10-13)20-12(2)3/h7-10,12,19H,6,11H2,1-5H3. The molecule has 4 heteroatoms. The van der Waals surface area contributed by atoms with E-state index in [0.717, 1.165) is 0 Å². The van der Waals surface area contributed by atoms with Crippen LogP contribution in [0.5, 0.6) is 5.75 Å². The highest BCUT2D eigenvalue weighted by atomic mass is 16.5.